The van der Waals surface area contributed by atoms with Crippen LogP contribution in [0, 0.1) is 6.92 Å². The lowest BCUT2D eigenvalue weighted by atomic mass is 10.1. The summed E-state index contributed by atoms with van der Waals surface area (Å²) < 4.78 is 23.6. The zero-order valence-electron chi connectivity index (χ0n) is 9.44. The molecule has 0 saturated carbocycles. The van der Waals surface area contributed by atoms with Crippen LogP contribution in [0.2, 0.25) is 0 Å². The maximum Gasteiger partial charge on any atom is 0.155 e. The van der Waals surface area contributed by atoms with E-state index in [-0.39, 0.29) is 11.0 Å². The predicted molar refractivity (Wildman–Crippen MR) is 65.3 cm³/mol. The topological polar surface area (TPSA) is 46.2 Å². The van der Waals surface area contributed by atoms with Crippen molar-refractivity contribution in [1.82, 2.24) is 5.32 Å². The Kier molecular flexibility index (Phi) is 3.30. The number of sulfone groups is 1. The molecule has 1 aromatic rings. The molecular weight excluding hydrogens is 222 g/mol. The van der Waals surface area contributed by atoms with Crippen LogP contribution >= 0.6 is 0 Å². The zero-order chi connectivity index (χ0) is 11.6. The van der Waals surface area contributed by atoms with Crippen molar-refractivity contribution < 1.29 is 8.42 Å². The van der Waals surface area contributed by atoms with Crippen LogP contribution in [0.5, 0.6) is 0 Å². The molecule has 4 heteroatoms. The summed E-state index contributed by atoms with van der Waals surface area (Å²) in [4.78, 5) is 0. The summed E-state index contributed by atoms with van der Waals surface area (Å²) in [5.41, 5.74) is 2.30. The van der Waals surface area contributed by atoms with E-state index in [2.05, 4.69) is 5.32 Å². The Labute approximate surface area is 96.8 Å². The molecule has 0 aromatic heterocycles. The molecule has 1 aliphatic rings. The molecule has 1 aliphatic heterocycles. The van der Waals surface area contributed by atoms with Crippen molar-refractivity contribution >= 4 is 9.84 Å². The van der Waals surface area contributed by atoms with Gasteiger partial charge in [-0.05, 0) is 18.9 Å². The summed E-state index contributed by atoms with van der Waals surface area (Å²) in [6, 6.07) is 8.05. The van der Waals surface area contributed by atoms with Gasteiger partial charge in [0.15, 0.2) is 9.84 Å². The molecule has 1 N–H and O–H groups in total. The van der Waals surface area contributed by atoms with Crippen LogP contribution in [-0.4, -0.2) is 32.5 Å². The average Bonchev–Trinajstić information content (AvgIpc) is 2.13. The number of nitrogens with one attached hydrogen (secondary N) is 1. The van der Waals surface area contributed by atoms with Gasteiger partial charge >= 0.3 is 0 Å². The van der Waals surface area contributed by atoms with E-state index in [1.54, 1.807) is 0 Å². The summed E-state index contributed by atoms with van der Waals surface area (Å²) in [5, 5.41) is 2.84. The molecule has 0 radical (unpaired) electrons. The molecule has 0 atom stereocenters. The highest BCUT2D eigenvalue weighted by molar-refractivity contribution is 7.92. The second-order valence-corrected chi connectivity index (χ2v) is 6.78. The first kappa shape index (κ1) is 11.6. The van der Waals surface area contributed by atoms with Crippen molar-refractivity contribution in [2.45, 2.75) is 18.6 Å². The van der Waals surface area contributed by atoms with E-state index in [1.165, 1.54) is 5.56 Å². The summed E-state index contributed by atoms with van der Waals surface area (Å²) in [6.07, 6.45) is 0.624. The van der Waals surface area contributed by atoms with E-state index in [9.17, 15) is 8.42 Å². The Morgan fingerprint density at radius 1 is 1.25 bits per heavy atom. The molecule has 1 heterocycles. The van der Waals surface area contributed by atoms with E-state index in [1.807, 2.05) is 31.2 Å². The van der Waals surface area contributed by atoms with Crippen molar-refractivity contribution in [3.05, 3.63) is 35.4 Å². The van der Waals surface area contributed by atoms with Gasteiger partial charge in [0.05, 0.1) is 11.0 Å². The highest BCUT2D eigenvalue weighted by atomic mass is 32.2. The first-order valence-corrected chi connectivity index (χ1v) is 7.27. The molecule has 0 bridgehead atoms. The van der Waals surface area contributed by atoms with Crippen LogP contribution in [0.3, 0.4) is 0 Å². The van der Waals surface area contributed by atoms with E-state index in [0.29, 0.717) is 19.5 Å². The minimum atomic E-state index is -2.89. The third-order valence-electron chi connectivity index (χ3n) is 3.05. The zero-order valence-corrected chi connectivity index (χ0v) is 10.3. The minimum absolute atomic E-state index is 0.155. The van der Waals surface area contributed by atoms with Crippen LogP contribution in [0.4, 0.5) is 0 Å². The predicted octanol–water partition coefficient (Wildman–Crippen LogP) is 0.924. The molecular formula is C12H17NO2S. The average molecular weight is 239 g/mol. The summed E-state index contributed by atoms with van der Waals surface area (Å²) in [5.74, 6) is 0.266. The third-order valence-corrected chi connectivity index (χ3v) is 5.17. The van der Waals surface area contributed by atoms with Crippen molar-refractivity contribution in [1.29, 1.82) is 0 Å². The molecule has 2 rings (SSSR count). The quantitative estimate of drug-likeness (QED) is 0.850. The third kappa shape index (κ3) is 2.62. The second kappa shape index (κ2) is 4.55. The number of hydrogen-bond donors (Lipinski definition) is 1. The number of benzene rings is 1. The molecule has 3 nitrogen and oxygen atoms in total. The molecule has 0 unspecified atom stereocenters. The molecule has 0 spiro atoms. The van der Waals surface area contributed by atoms with Gasteiger partial charge in [0.1, 0.15) is 0 Å². The van der Waals surface area contributed by atoms with E-state index >= 15 is 0 Å². The molecule has 1 fully saturated rings. The van der Waals surface area contributed by atoms with Crippen LogP contribution in [0.1, 0.15) is 11.1 Å². The second-order valence-electron chi connectivity index (χ2n) is 4.38. The molecule has 0 amide bonds. The molecule has 16 heavy (non-hydrogen) atoms. The van der Waals surface area contributed by atoms with Gasteiger partial charge in [0, 0.05) is 13.1 Å². The van der Waals surface area contributed by atoms with Crippen molar-refractivity contribution in [3.8, 4) is 0 Å². The van der Waals surface area contributed by atoms with Gasteiger partial charge in [-0.25, -0.2) is 8.42 Å². The Bertz CT molecular complexity index is 446. The molecule has 0 aliphatic carbocycles. The van der Waals surface area contributed by atoms with Gasteiger partial charge in [-0.1, -0.05) is 29.8 Å². The van der Waals surface area contributed by atoms with E-state index in [4.69, 9.17) is 0 Å². The normalized spacial score (nSPS) is 17.1. The largest absolute Gasteiger partial charge is 0.314 e. The lowest BCUT2D eigenvalue weighted by Gasteiger charge is -2.26. The molecule has 1 saturated heterocycles. The highest BCUT2D eigenvalue weighted by Crippen LogP contribution is 2.11. The smallest absolute Gasteiger partial charge is 0.155 e. The molecule has 88 valence electrons. The van der Waals surface area contributed by atoms with Gasteiger partial charge in [-0.3, -0.25) is 0 Å². The van der Waals surface area contributed by atoms with E-state index < -0.39 is 9.84 Å². The molecule has 1 aromatic carbocycles. The van der Waals surface area contributed by atoms with Gasteiger partial charge < -0.3 is 5.32 Å². The SMILES string of the molecule is Cc1ccc(CCS(=O)(=O)C2CNC2)cc1. The first-order chi connectivity index (χ1) is 7.58. The standard InChI is InChI=1S/C12H17NO2S/c1-10-2-4-11(5-3-10)6-7-16(14,15)12-8-13-9-12/h2-5,12-13H,6-9H2,1H3. The van der Waals surface area contributed by atoms with Crippen molar-refractivity contribution in [2.75, 3.05) is 18.8 Å². The van der Waals surface area contributed by atoms with Gasteiger partial charge in [0.2, 0.25) is 0 Å². The maximum atomic E-state index is 11.8. The lowest BCUT2D eigenvalue weighted by molar-refractivity contribution is 0.495. The van der Waals surface area contributed by atoms with Gasteiger partial charge in [-0.2, -0.15) is 0 Å². The first-order valence-electron chi connectivity index (χ1n) is 5.56. The fourth-order valence-corrected chi connectivity index (χ4v) is 3.29. The van der Waals surface area contributed by atoms with E-state index in [0.717, 1.165) is 5.56 Å². The van der Waals surface area contributed by atoms with Gasteiger partial charge in [0.25, 0.3) is 0 Å². The van der Waals surface area contributed by atoms with Crippen LogP contribution in [0.25, 0.3) is 0 Å². The fraction of sp³-hybridized carbons (Fsp3) is 0.500. The summed E-state index contributed by atoms with van der Waals surface area (Å²) in [6.45, 7) is 3.27. The van der Waals surface area contributed by atoms with Crippen LogP contribution in [0.15, 0.2) is 24.3 Å². The number of hydrogen-bond acceptors (Lipinski definition) is 3. The fourth-order valence-electron chi connectivity index (χ4n) is 1.70. The maximum absolute atomic E-state index is 11.8. The van der Waals surface area contributed by atoms with Crippen LogP contribution in [-0.2, 0) is 16.3 Å². The van der Waals surface area contributed by atoms with Gasteiger partial charge in [-0.15, -0.1) is 0 Å². The number of rotatable bonds is 4. The number of aryl methyl sites for hydroxylation is 2. The Morgan fingerprint density at radius 2 is 1.88 bits per heavy atom. The van der Waals surface area contributed by atoms with Crippen LogP contribution < -0.4 is 5.32 Å². The Morgan fingerprint density at radius 3 is 2.38 bits per heavy atom. The summed E-state index contributed by atoms with van der Waals surface area (Å²) >= 11 is 0. The van der Waals surface area contributed by atoms with Crippen molar-refractivity contribution in [3.63, 3.8) is 0 Å². The highest BCUT2D eigenvalue weighted by Gasteiger charge is 2.30. The van der Waals surface area contributed by atoms with Crippen molar-refractivity contribution in [2.24, 2.45) is 0 Å². The lowest BCUT2D eigenvalue weighted by Crippen LogP contribution is -2.52. The summed E-state index contributed by atoms with van der Waals surface area (Å²) in [7, 11) is -2.89. The minimum Gasteiger partial charge on any atom is -0.314 e. The Balaban J connectivity index is 1.94. The Hall–Kier alpha value is -0.870. The monoisotopic (exact) mass is 239 g/mol.